The van der Waals surface area contributed by atoms with E-state index < -0.39 is 0 Å². The summed E-state index contributed by atoms with van der Waals surface area (Å²) < 4.78 is 0. The topological polar surface area (TPSA) is 77.6 Å². The van der Waals surface area contributed by atoms with Gasteiger partial charge in [0.15, 0.2) is 0 Å². The molecule has 0 saturated heterocycles. The Morgan fingerprint density at radius 1 is 0.654 bits per heavy atom. The van der Waals surface area contributed by atoms with Crippen molar-refractivity contribution in [3.05, 3.63) is 65.2 Å². The maximum absolute atomic E-state index is 9.70. The van der Waals surface area contributed by atoms with Crippen LogP contribution in [0.5, 0.6) is 0 Å². The van der Waals surface area contributed by atoms with Crippen molar-refractivity contribution in [2.24, 2.45) is 0 Å². The number of nitrogens with zero attached hydrogens (tertiary/aromatic N) is 2. The van der Waals surface area contributed by atoms with Crippen LogP contribution in [0.3, 0.4) is 0 Å². The first kappa shape index (κ1) is 15.1. The number of aromatic nitrogens is 4. The van der Waals surface area contributed by atoms with Crippen molar-refractivity contribution in [1.29, 1.82) is 0 Å². The molecule has 2 aliphatic heterocycles. The van der Waals surface area contributed by atoms with Crippen LogP contribution in [0.4, 0.5) is 0 Å². The Hall–Kier alpha value is -3.22. The zero-order valence-electron chi connectivity index (χ0n) is 13.7. The lowest BCUT2D eigenvalue weighted by atomic mass is 10.3. The van der Waals surface area contributed by atoms with Gasteiger partial charge in [-0.15, -0.1) is 0 Å². The SMILES string of the molecule is O[Si]c1cc2cc3ccc(cc4nc(cc5nc(cc1[nH]2)C=C5)C=C4)[nH]3. The summed E-state index contributed by atoms with van der Waals surface area (Å²) in [5, 5.41) is 0.870. The number of hydrogen-bond donors (Lipinski definition) is 3. The Morgan fingerprint density at radius 2 is 1.27 bits per heavy atom. The lowest BCUT2D eigenvalue weighted by Crippen LogP contribution is -2.10. The number of fused-ring (bicyclic) bond motifs is 8. The quantitative estimate of drug-likeness (QED) is 0.405. The van der Waals surface area contributed by atoms with Crippen LogP contribution in [0.15, 0.2) is 42.5 Å². The molecule has 2 aliphatic rings. The lowest BCUT2D eigenvalue weighted by molar-refractivity contribution is 0.616. The summed E-state index contributed by atoms with van der Waals surface area (Å²) in [6.45, 7) is 0. The molecule has 5 heterocycles. The van der Waals surface area contributed by atoms with Gasteiger partial charge in [-0.25, -0.2) is 9.97 Å². The first-order valence-corrected chi connectivity index (χ1v) is 9.18. The molecule has 124 valence electrons. The third-order valence-electron chi connectivity index (χ3n) is 4.29. The fourth-order valence-corrected chi connectivity index (χ4v) is 3.59. The highest BCUT2D eigenvalue weighted by atomic mass is 28.2. The molecule has 5 nitrogen and oxygen atoms in total. The van der Waals surface area contributed by atoms with E-state index in [1.807, 2.05) is 66.8 Å². The molecule has 0 unspecified atom stereocenters. The Labute approximate surface area is 151 Å². The second kappa shape index (κ2) is 5.94. The Morgan fingerprint density at radius 3 is 1.96 bits per heavy atom. The largest absolute Gasteiger partial charge is 0.428 e. The molecule has 0 saturated carbocycles. The zero-order valence-corrected chi connectivity index (χ0v) is 14.7. The molecule has 0 spiro atoms. The Balaban J connectivity index is 1.86. The van der Waals surface area contributed by atoms with Gasteiger partial charge in [0, 0.05) is 22.1 Å². The van der Waals surface area contributed by atoms with Gasteiger partial charge in [0.2, 0.25) is 0 Å². The van der Waals surface area contributed by atoms with Crippen LogP contribution in [0.2, 0.25) is 0 Å². The van der Waals surface area contributed by atoms with Crippen molar-refractivity contribution in [3.63, 3.8) is 0 Å². The van der Waals surface area contributed by atoms with Gasteiger partial charge in [-0.2, -0.15) is 0 Å². The molecule has 8 bridgehead atoms. The van der Waals surface area contributed by atoms with Crippen molar-refractivity contribution >= 4 is 61.3 Å². The molecular weight excluding hydrogens is 340 g/mol. The van der Waals surface area contributed by atoms with E-state index in [0.717, 1.165) is 50.0 Å². The summed E-state index contributed by atoms with van der Waals surface area (Å²) in [5.41, 5.74) is 7.27. The van der Waals surface area contributed by atoms with Crippen molar-refractivity contribution in [2.45, 2.75) is 0 Å². The van der Waals surface area contributed by atoms with Crippen molar-refractivity contribution in [1.82, 2.24) is 19.9 Å². The second-order valence-corrected chi connectivity index (χ2v) is 6.96. The van der Waals surface area contributed by atoms with Crippen LogP contribution < -0.4 is 5.19 Å². The maximum Gasteiger partial charge on any atom is 0.267 e. The number of aromatic amines is 2. The van der Waals surface area contributed by atoms with Gasteiger partial charge >= 0.3 is 0 Å². The zero-order chi connectivity index (χ0) is 17.5. The summed E-state index contributed by atoms with van der Waals surface area (Å²) >= 11 is 0. The molecule has 3 aromatic heterocycles. The van der Waals surface area contributed by atoms with Gasteiger partial charge in [-0.1, -0.05) is 0 Å². The molecule has 5 rings (SSSR count). The Bertz CT molecular complexity index is 1230. The smallest absolute Gasteiger partial charge is 0.267 e. The van der Waals surface area contributed by atoms with E-state index in [1.165, 1.54) is 0 Å². The summed E-state index contributed by atoms with van der Waals surface area (Å²) in [5.74, 6) is 0. The van der Waals surface area contributed by atoms with Crippen LogP contribution in [-0.4, -0.2) is 34.5 Å². The molecular formula is C20H14N4OSi. The molecule has 0 aromatic carbocycles. The number of hydrogen-bond acceptors (Lipinski definition) is 3. The third kappa shape index (κ3) is 2.81. The first-order chi connectivity index (χ1) is 12.7. The van der Waals surface area contributed by atoms with Crippen LogP contribution in [0.1, 0.15) is 22.8 Å². The highest BCUT2D eigenvalue weighted by molar-refractivity contribution is 6.49. The number of rotatable bonds is 1. The molecule has 0 atom stereocenters. The van der Waals surface area contributed by atoms with E-state index in [-0.39, 0.29) is 9.76 Å². The average molecular weight is 354 g/mol. The minimum absolute atomic E-state index is 0.280. The summed E-state index contributed by atoms with van der Waals surface area (Å²) in [6.07, 6.45) is 7.91. The fourth-order valence-electron chi connectivity index (χ4n) is 3.11. The molecule has 0 fully saturated rings. The lowest BCUT2D eigenvalue weighted by Gasteiger charge is -1.88. The van der Waals surface area contributed by atoms with Gasteiger partial charge in [0.05, 0.1) is 22.8 Å². The average Bonchev–Trinajstić information content (AvgIpc) is 3.39. The second-order valence-electron chi connectivity index (χ2n) is 6.20. The first-order valence-electron chi connectivity index (χ1n) is 8.24. The van der Waals surface area contributed by atoms with Gasteiger partial charge in [0.25, 0.3) is 9.76 Å². The van der Waals surface area contributed by atoms with Gasteiger partial charge in [0.1, 0.15) is 0 Å². The van der Waals surface area contributed by atoms with E-state index in [0.29, 0.717) is 0 Å². The molecule has 26 heavy (non-hydrogen) atoms. The fraction of sp³-hybridized carbons (Fsp3) is 0. The number of nitrogens with one attached hydrogen (secondary N) is 2. The van der Waals surface area contributed by atoms with E-state index >= 15 is 0 Å². The van der Waals surface area contributed by atoms with Gasteiger partial charge < -0.3 is 14.8 Å². The highest BCUT2D eigenvalue weighted by Crippen LogP contribution is 2.16. The standard InChI is InChI=1S/C20H14N4OSi/c25-26-20-11-18-9-16-4-3-14(22-16)7-12-1-2-13(21-12)8-15-5-6-17(23-15)10-19(20)24-18/h1-11,22,24-25H. The molecule has 0 aliphatic carbocycles. The summed E-state index contributed by atoms with van der Waals surface area (Å²) in [4.78, 5) is 25.7. The van der Waals surface area contributed by atoms with Crippen LogP contribution in [0.25, 0.3) is 46.4 Å². The van der Waals surface area contributed by atoms with Crippen LogP contribution in [0, 0.1) is 0 Å². The number of H-pyrrole nitrogens is 2. The van der Waals surface area contributed by atoms with Crippen LogP contribution in [-0.2, 0) is 0 Å². The van der Waals surface area contributed by atoms with E-state index in [2.05, 4.69) is 19.9 Å². The van der Waals surface area contributed by atoms with Gasteiger partial charge in [-0.3, -0.25) is 0 Å². The summed E-state index contributed by atoms with van der Waals surface area (Å²) in [6, 6.07) is 14.0. The predicted molar refractivity (Wildman–Crippen MR) is 106 cm³/mol. The van der Waals surface area contributed by atoms with Crippen molar-refractivity contribution in [2.75, 3.05) is 0 Å². The minimum atomic E-state index is -0.280. The molecule has 6 heteroatoms. The molecule has 3 aromatic rings. The third-order valence-corrected chi connectivity index (χ3v) is 4.94. The van der Waals surface area contributed by atoms with Gasteiger partial charge in [-0.05, 0) is 72.0 Å². The van der Waals surface area contributed by atoms with Crippen molar-refractivity contribution < 1.29 is 4.80 Å². The monoisotopic (exact) mass is 354 g/mol. The highest BCUT2D eigenvalue weighted by Gasteiger charge is 2.05. The van der Waals surface area contributed by atoms with E-state index in [9.17, 15) is 4.80 Å². The molecule has 3 N–H and O–H groups in total. The Kier molecular flexibility index (Phi) is 3.44. The maximum atomic E-state index is 9.70. The van der Waals surface area contributed by atoms with E-state index in [1.54, 1.807) is 0 Å². The normalized spacial score (nSPS) is 12.7. The van der Waals surface area contributed by atoms with Crippen LogP contribution >= 0.6 is 0 Å². The van der Waals surface area contributed by atoms with E-state index in [4.69, 9.17) is 0 Å². The van der Waals surface area contributed by atoms with Crippen molar-refractivity contribution in [3.8, 4) is 0 Å². The summed E-state index contributed by atoms with van der Waals surface area (Å²) in [7, 11) is -0.280. The minimum Gasteiger partial charge on any atom is -0.428 e. The predicted octanol–water partition coefficient (Wildman–Crippen LogP) is 2.89. The molecule has 2 radical (unpaired) electrons. The molecule has 0 amide bonds.